The number of benzene rings is 3. The lowest BCUT2D eigenvalue weighted by atomic mass is 10.0. The van der Waals surface area contributed by atoms with Gasteiger partial charge in [-0.25, -0.2) is 4.79 Å². The van der Waals surface area contributed by atoms with Crippen molar-refractivity contribution in [2.24, 2.45) is 0 Å². The first-order valence-electron chi connectivity index (χ1n) is 9.62. The van der Waals surface area contributed by atoms with Crippen molar-refractivity contribution in [2.45, 2.75) is 6.92 Å². The summed E-state index contributed by atoms with van der Waals surface area (Å²) in [5.74, 6) is 0.580. The number of fused-ring (bicyclic) bond motifs is 1. The predicted molar refractivity (Wildman–Crippen MR) is 115 cm³/mol. The van der Waals surface area contributed by atoms with Gasteiger partial charge in [0.2, 0.25) is 0 Å². The molecule has 0 aliphatic rings. The van der Waals surface area contributed by atoms with E-state index in [1.54, 1.807) is 25.1 Å². The van der Waals surface area contributed by atoms with Crippen LogP contribution in [-0.4, -0.2) is 19.2 Å². The smallest absolute Gasteiger partial charge is 0.342 e. The summed E-state index contributed by atoms with van der Waals surface area (Å²) >= 11 is 0. The molecule has 4 aromatic rings. The van der Waals surface area contributed by atoms with Crippen molar-refractivity contribution in [1.29, 1.82) is 0 Å². The molecule has 0 unspecified atom stereocenters. The van der Waals surface area contributed by atoms with Crippen LogP contribution in [0.2, 0.25) is 0 Å². The van der Waals surface area contributed by atoms with Crippen LogP contribution in [0.5, 0.6) is 5.75 Å². The molecular formula is C25H20O5. The summed E-state index contributed by atoms with van der Waals surface area (Å²) in [6.45, 7) is 2.02. The molecule has 0 amide bonds. The van der Waals surface area contributed by atoms with E-state index in [9.17, 15) is 9.59 Å². The van der Waals surface area contributed by atoms with Gasteiger partial charge in [0.25, 0.3) is 0 Å². The zero-order chi connectivity index (χ0) is 20.9. The fourth-order valence-corrected chi connectivity index (χ4v) is 3.22. The van der Waals surface area contributed by atoms with Crippen LogP contribution in [0, 0.1) is 6.92 Å². The van der Waals surface area contributed by atoms with E-state index < -0.39 is 5.97 Å². The Labute approximate surface area is 173 Å². The van der Waals surface area contributed by atoms with E-state index in [1.807, 2.05) is 60.7 Å². The number of para-hydroxylation sites is 2. The van der Waals surface area contributed by atoms with Gasteiger partial charge < -0.3 is 13.9 Å². The van der Waals surface area contributed by atoms with Crippen molar-refractivity contribution in [3.63, 3.8) is 0 Å². The lowest BCUT2D eigenvalue weighted by molar-refractivity contribution is 0.0451. The molecule has 0 saturated heterocycles. The van der Waals surface area contributed by atoms with Gasteiger partial charge in [0, 0.05) is 11.1 Å². The van der Waals surface area contributed by atoms with Crippen LogP contribution >= 0.6 is 0 Å². The summed E-state index contributed by atoms with van der Waals surface area (Å²) in [5.41, 5.74) is 1.53. The van der Waals surface area contributed by atoms with Crippen LogP contribution in [0.4, 0.5) is 0 Å². The highest BCUT2D eigenvalue weighted by Gasteiger charge is 2.19. The maximum absolute atomic E-state index is 12.9. The van der Waals surface area contributed by atoms with Gasteiger partial charge in [0.15, 0.2) is 11.0 Å². The zero-order valence-corrected chi connectivity index (χ0v) is 16.5. The van der Waals surface area contributed by atoms with E-state index in [0.29, 0.717) is 22.5 Å². The van der Waals surface area contributed by atoms with Crippen molar-refractivity contribution in [3.8, 4) is 17.1 Å². The Hall–Kier alpha value is -3.86. The van der Waals surface area contributed by atoms with Crippen molar-refractivity contribution in [3.05, 3.63) is 100 Å². The Balaban J connectivity index is 1.60. The molecule has 0 spiro atoms. The molecular weight excluding hydrogens is 380 g/mol. The SMILES string of the molecule is Cc1c(-c2ccccc2)oc2c(C(=O)OCCOc3ccccc3)cccc2c1=O. The van der Waals surface area contributed by atoms with Crippen LogP contribution in [-0.2, 0) is 4.74 Å². The Morgan fingerprint density at radius 1 is 0.867 bits per heavy atom. The maximum atomic E-state index is 12.9. The van der Waals surface area contributed by atoms with Crippen molar-refractivity contribution in [2.75, 3.05) is 13.2 Å². The van der Waals surface area contributed by atoms with Gasteiger partial charge in [0.1, 0.15) is 30.3 Å². The van der Waals surface area contributed by atoms with Gasteiger partial charge in [-0.1, -0.05) is 54.6 Å². The van der Waals surface area contributed by atoms with E-state index >= 15 is 0 Å². The number of carbonyl (C=O) groups is 1. The fraction of sp³-hybridized carbons (Fsp3) is 0.120. The van der Waals surface area contributed by atoms with E-state index in [0.717, 1.165) is 5.56 Å². The van der Waals surface area contributed by atoms with Crippen LogP contribution in [0.15, 0.2) is 88.1 Å². The molecule has 0 bridgehead atoms. The molecule has 3 aromatic carbocycles. The minimum absolute atomic E-state index is 0.0751. The molecule has 0 radical (unpaired) electrons. The summed E-state index contributed by atoms with van der Waals surface area (Å²) in [7, 11) is 0. The van der Waals surface area contributed by atoms with Gasteiger partial charge in [0.05, 0.1) is 5.39 Å². The first-order valence-corrected chi connectivity index (χ1v) is 9.62. The standard InChI is InChI=1S/C25H20O5/c1-17-22(26)20-13-8-14-21(24(20)30-23(17)18-9-4-2-5-10-18)25(27)29-16-15-28-19-11-6-3-7-12-19/h2-14H,15-16H2,1H3. The quantitative estimate of drug-likeness (QED) is 0.336. The highest BCUT2D eigenvalue weighted by Crippen LogP contribution is 2.27. The number of carbonyl (C=O) groups excluding carboxylic acids is 1. The van der Waals surface area contributed by atoms with Crippen molar-refractivity contribution >= 4 is 16.9 Å². The highest BCUT2D eigenvalue weighted by atomic mass is 16.6. The highest BCUT2D eigenvalue weighted by molar-refractivity contribution is 6.02. The number of rotatable bonds is 6. The molecule has 0 aliphatic heterocycles. The van der Waals surface area contributed by atoms with Crippen LogP contribution in [0.3, 0.4) is 0 Å². The van der Waals surface area contributed by atoms with E-state index in [-0.39, 0.29) is 29.8 Å². The fourth-order valence-electron chi connectivity index (χ4n) is 3.22. The molecule has 0 N–H and O–H groups in total. The van der Waals surface area contributed by atoms with E-state index in [4.69, 9.17) is 13.9 Å². The summed E-state index contributed by atoms with van der Waals surface area (Å²) < 4.78 is 16.9. The molecule has 30 heavy (non-hydrogen) atoms. The van der Waals surface area contributed by atoms with Gasteiger partial charge in [-0.2, -0.15) is 0 Å². The maximum Gasteiger partial charge on any atom is 0.342 e. The van der Waals surface area contributed by atoms with Crippen molar-refractivity contribution in [1.82, 2.24) is 0 Å². The van der Waals surface area contributed by atoms with Crippen LogP contribution in [0.1, 0.15) is 15.9 Å². The lowest BCUT2D eigenvalue weighted by Crippen LogP contribution is -2.14. The molecule has 0 atom stereocenters. The molecule has 0 fully saturated rings. The third-order valence-corrected chi connectivity index (χ3v) is 4.73. The summed E-state index contributed by atoms with van der Waals surface area (Å²) in [6.07, 6.45) is 0. The first kappa shape index (κ1) is 19.5. The minimum atomic E-state index is -0.566. The number of ether oxygens (including phenoxy) is 2. The molecule has 5 heteroatoms. The Morgan fingerprint density at radius 2 is 1.57 bits per heavy atom. The van der Waals surface area contributed by atoms with Crippen LogP contribution < -0.4 is 10.2 Å². The van der Waals surface area contributed by atoms with Gasteiger partial charge in [-0.15, -0.1) is 0 Å². The largest absolute Gasteiger partial charge is 0.490 e. The molecule has 5 nitrogen and oxygen atoms in total. The number of hydrogen-bond acceptors (Lipinski definition) is 5. The van der Waals surface area contributed by atoms with E-state index in [2.05, 4.69) is 0 Å². The molecule has 1 aromatic heterocycles. The molecule has 150 valence electrons. The second-order valence-corrected chi connectivity index (χ2v) is 6.73. The summed E-state index contributed by atoms with van der Waals surface area (Å²) in [5, 5.41) is 0.349. The third-order valence-electron chi connectivity index (χ3n) is 4.73. The summed E-state index contributed by atoms with van der Waals surface area (Å²) in [6, 6.07) is 23.5. The Kier molecular flexibility index (Phi) is 5.61. The van der Waals surface area contributed by atoms with Gasteiger partial charge in [-0.3, -0.25) is 4.79 Å². The number of hydrogen-bond donors (Lipinski definition) is 0. The second-order valence-electron chi connectivity index (χ2n) is 6.73. The first-order chi connectivity index (χ1) is 14.6. The van der Waals surface area contributed by atoms with Gasteiger partial charge >= 0.3 is 5.97 Å². The van der Waals surface area contributed by atoms with E-state index in [1.165, 1.54) is 0 Å². The van der Waals surface area contributed by atoms with Crippen LogP contribution in [0.25, 0.3) is 22.3 Å². The zero-order valence-electron chi connectivity index (χ0n) is 16.5. The monoisotopic (exact) mass is 400 g/mol. The average molecular weight is 400 g/mol. The molecule has 0 aliphatic carbocycles. The average Bonchev–Trinajstić information content (AvgIpc) is 2.80. The number of esters is 1. The molecule has 4 rings (SSSR count). The van der Waals surface area contributed by atoms with Crippen molar-refractivity contribution < 1.29 is 18.7 Å². The second kappa shape index (κ2) is 8.66. The topological polar surface area (TPSA) is 65.7 Å². The van der Waals surface area contributed by atoms with Gasteiger partial charge in [-0.05, 0) is 31.2 Å². The normalized spacial score (nSPS) is 10.7. The molecule has 1 heterocycles. The lowest BCUT2D eigenvalue weighted by Gasteiger charge is -2.11. The Bertz CT molecular complexity index is 1230. The molecule has 0 saturated carbocycles. The summed E-state index contributed by atoms with van der Waals surface area (Å²) in [4.78, 5) is 25.6. The predicted octanol–water partition coefficient (Wildman–Crippen LogP) is 5.00. The Morgan fingerprint density at radius 3 is 2.30 bits per heavy atom. The third kappa shape index (κ3) is 3.96. The minimum Gasteiger partial charge on any atom is -0.490 e.